The maximum atomic E-state index is 12.7. The molecule has 2 heterocycles. The minimum Gasteiger partial charge on any atom is -0.506 e. The molecule has 2 N–H and O–H groups in total. The summed E-state index contributed by atoms with van der Waals surface area (Å²) in [5, 5.41) is 12.7. The van der Waals surface area contributed by atoms with Gasteiger partial charge in [0, 0.05) is 18.0 Å². The number of phenols is 1. The van der Waals surface area contributed by atoms with Crippen molar-refractivity contribution in [3.8, 4) is 5.75 Å². The van der Waals surface area contributed by atoms with Crippen LogP contribution in [0.25, 0.3) is 0 Å². The predicted molar refractivity (Wildman–Crippen MR) is 102 cm³/mol. The van der Waals surface area contributed by atoms with Crippen LogP contribution >= 0.6 is 11.3 Å². The summed E-state index contributed by atoms with van der Waals surface area (Å²) in [7, 11) is -3.61. The third-order valence-corrected chi connectivity index (χ3v) is 7.76. The Morgan fingerprint density at radius 2 is 1.96 bits per heavy atom. The summed E-state index contributed by atoms with van der Waals surface area (Å²) < 4.78 is 26.8. The molecule has 0 bridgehead atoms. The number of amides is 1. The first-order valence-electron chi connectivity index (χ1n) is 8.56. The first-order chi connectivity index (χ1) is 12.3. The van der Waals surface area contributed by atoms with Crippen molar-refractivity contribution in [1.29, 1.82) is 0 Å². The summed E-state index contributed by atoms with van der Waals surface area (Å²) >= 11 is 1.40. The number of nitrogens with zero attached hydrogens (tertiary/aromatic N) is 1. The van der Waals surface area contributed by atoms with Gasteiger partial charge in [0.1, 0.15) is 5.75 Å². The van der Waals surface area contributed by atoms with Gasteiger partial charge >= 0.3 is 0 Å². The lowest BCUT2D eigenvalue weighted by molar-refractivity contribution is 0.103. The molecule has 1 aromatic carbocycles. The molecule has 0 radical (unpaired) electrons. The van der Waals surface area contributed by atoms with E-state index in [4.69, 9.17) is 0 Å². The van der Waals surface area contributed by atoms with E-state index in [-0.39, 0.29) is 22.2 Å². The number of phenolic OH excluding ortho intramolecular Hbond substituents is 1. The van der Waals surface area contributed by atoms with Gasteiger partial charge in [0.15, 0.2) is 0 Å². The standard InChI is InChI=1S/C18H22N2O4S2/c1-3-16-12(2)10-17(25-16)18(22)19-14-11-13(6-7-15(14)21)26(23,24)20-8-4-5-9-20/h6-7,10-11,21H,3-5,8-9H2,1-2H3,(H,19,22). The van der Waals surface area contributed by atoms with E-state index in [2.05, 4.69) is 5.32 Å². The Morgan fingerprint density at radius 3 is 2.58 bits per heavy atom. The molecule has 0 saturated carbocycles. The van der Waals surface area contributed by atoms with Gasteiger partial charge < -0.3 is 10.4 Å². The lowest BCUT2D eigenvalue weighted by atomic mass is 10.2. The fourth-order valence-electron chi connectivity index (χ4n) is 3.02. The summed E-state index contributed by atoms with van der Waals surface area (Å²) in [5.41, 5.74) is 1.15. The zero-order valence-corrected chi connectivity index (χ0v) is 16.4. The predicted octanol–water partition coefficient (Wildman–Crippen LogP) is 3.36. The molecule has 3 rings (SSSR count). The Labute approximate surface area is 157 Å². The quantitative estimate of drug-likeness (QED) is 0.762. The molecule has 0 aliphatic carbocycles. The van der Waals surface area contributed by atoms with Gasteiger partial charge in [0.2, 0.25) is 10.0 Å². The Balaban J connectivity index is 1.87. The van der Waals surface area contributed by atoms with Crippen LogP contribution in [0.3, 0.4) is 0 Å². The molecule has 0 unspecified atom stereocenters. The summed E-state index contributed by atoms with van der Waals surface area (Å²) in [6.07, 6.45) is 2.54. The van der Waals surface area contributed by atoms with Gasteiger partial charge in [-0.1, -0.05) is 6.92 Å². The molecule has 2 aromatic rings. The van der Waals surface area contributed by atoms with Gasteiger partial charge in [0.25, 0.3) is 5.91 Å². The number of carbonyl (C=O) groups excluding carboxylic acids is 1. The Morgan fingerprint density at radius 1 is 1.27 bits per heavy atom. The van der Waals surface area contributed by atoms with Crippen LogP contribution in [0.2, 0.25) is 0 Å². The minimum atomic E-state index is -3.61. The van der Waals surface area contributed by atoms with Crippen LogP contribution in [0.4, 0.5) is 5.69 Å². The molecule has 1 aliphatic rings. The van der Waals surface area contributed by atoms with Crippen molar-refractivity contribution in [2.45, 2.75) is 38.0 Å². The molecule has 140 valence electrons. The molecular formula is C18H22N2O4S2. The number of anilines is 1. The topological polar surface area (TPSA) is 86.7 Å². The second-order valence-corrected chi connectivity index (χ2v) is 9.39. The molecular weight excluding hydrogens is 372 g/mol. The molecule has 1 fully saturated rings. The smallest absolute Gasteiger partial charge is 0.265 e. The highest BCUT2D eigenvalue weighted by molar-refractivity contribution is 7.89. The van der Waals surface area contributed by atoms with Gasteiger partial charge in [-0.05, 0) is 56.0 Å². The SMILES string of the molecule is CCc1sc(C(=O)Nc2cc(S(=O)(=O)N3CCCC3)ccc2O)cc1C. The minimum absolute atomic E-state index is 0.0732. The van der Waals surface area contributed by atoms with E-state index in [9.17, 15) is 18.3 Å². The molecule has 1 aliphatic heterocycles. The summed E-state index contributed by atoms with van der Waals surface area (Å²) in [4.78, 5) is 14.2. The number of hydrogen-bond donors (Lipinski definition) is 2. The van der Waals surface area contributed by atoms with E-state index in [1.54, 1.807) is 6.07 Å². The second kappa shape index (κ2) is 7.38. The van der Waals surface area contributed by atoms with E-state index < -0.39 is 10.0 Å². The van der Waals surface area contributed by atoms with E-state index in [1.165, 1.54) is 33.8 Å². The second-order valence-electron chi connectivity index (χ2n) is 6.31. The van der Waals surface area contributed by atoms with Crippen LogP contribution in [-0.4, -0.2) is 36.8 Å². The van der Waals surface area contributed by atoms with Gasteiger partial charge in [-0.15, -0.1) is 11.3 Å². The number of hydrogen-bond acceptors (Lipinski definition) is 5. The van der Waals surface area contributed by atoms with Crippen molar-refractivity contribution in [1.82, 2.24) is 4.31 Å². The van der Waals surface area contributed by atoms with Crippen molar-refractivity contribution in [2.24, 2.45) is 0 Å². The summed E-state index contributed by atoms with van der Waals surface area (Å²) in [6.45, 7) is 4.98. The van der Waals surface area contributed by atoms with Gasteiger partial charge in [-0.2, -0.15) is 4.31 Å². The van der Waals surface area contributed by atoms with E-state index in [1.807, 2.05) is 13.8 Å². The molecule has 0 atom stereocenters. The van der Waals surface area contributed by atoms with Crippen molar-refractivity contribution >= 4 is 33.0 Å². The largest absolute Gasteiger partial charge is 0.506 e. The van der Waals surface area contributed by atoms with E-state index in [0.717, 1.165) is 29.7 Å². The molecule has 1 amide bonds. The maximum absolute atomic E-state index is 12.7. The summed E-state index contributed by atoms with van der Waals surface area (Å²) in [5.74, 6) is -0.522. The van der Waals surface area contributed by atoms with Crippen LogP contribution in [-0.2, 0) is 16.4 Å². The number of benzene rings is 1. The molecule has 26 heavy (non-hydrogen) atoms. The molecule has 1 aromatic heterocycles. The fraction of sp³-hybridized carbons (Fsp3) is 0.389. The van der Waals surface area contributed by atoms with Crippen molar-refractivity contribution < 1.29 is 18.3 Å². The highest BCUT2D eigenvalue weighted by atomic mass is 32.2. The lowest BCUT2D eigenvalue weighted by Crippen LogP contribution is -2.27. The molecule has 8 heteroatoms. The maximum Gasteiger partial charge on any atom is 0.265 e. The summed E-state index contributed by atoms with van der Waals surface area (Å²) in [6, 6.07) is 5.79. The number of thiophene rings is 1. The number of aromatic hydroxyl groups is 1. The number of rotatable bonds is 5. The Kier molecular flexibility index (Phi) is 5.36. The van der Waals surface area contributed by atoms with Crippen molar-refractivity contribution in [3.63, 3.8) is 0 Å². The average Bonchev–Trinajstić information content (AvgIpc) is 3.26. The van der Waals surface area contributed by atoms with Gasteiger partial charge in [-0.25, -0.2) is 8.42 Å². The van der Waals surface area contributed by atoms with E-state index >= 15 is 0 Å². The third-order valence-electron chi connectivity index (χ3n) is 4.48. The van der Waals surface area contributed by atoms with Gasteiger partial charge in [0.05, 0.1) is 15.5 Å². The lowest BCUT2D eigenvalue weighted by Gasteiger charge is -2.16. The zero-order chi connectivity index (χ0) is 18.9. The fourth-order valence-corrected chi connectivity index (χ4v) is 5.57. The van der Waals surface area contributed by atoms with Crippen LogP contribution in [0.1, 0.15) is 39.9 Å². The molecule has 6 nitrogen and oxygen atoms in total. The van der Waals surface area contributed by atoms with Gasteiger partial charge in [-0.3, -0.25) is 4.79 Å². The highest BCUT2D eigenvalue weighted by Crippen LogP contribution is 2.30. The number of nitrogens with one attached hydrogen (secondary N) is 1. The number of sulfonamides is 1. The van der Waals surface area contributed by atoms with Crippen molar-refractivity contribution in [2.75, 3.05) is 18.4 Å². The third kappa shape index (κ3) is 3.62. The molecule has 1 saturated heterocycles. The van der Waals surface area contributed by atoms with Crippen LogP contribution in [0.5, 0.6) is 5.75 Å². The Bertz CT molecular complexity index is 929. The van der Waals surface area contributed by atoms with Crippen LogP contribution in [0, 0.1) is 6.92 Å². The number of carbonyl (C=O) groups is 1. The monoisotopic (exact) mass is 394 g/mol. The van der Waals surface area contributed by atoms with E-state index in [0.29, 0.717) is 18.0 Å². The Hall–Kier alpha value is -1.90. The normalized spacial score (nSPS) is 15.3. The average molecular weight is 395 g/mol. The first kappa shape index (κ1) is 18.9. The van der Waals surface area contributed by atoms with Crippen LogP contribution in [0.15, 0.2) is 29.2 Å². The highest BCUT2D eigenvalue weighted by Gasteiger charge is 2.28. The first-order valence-corrected chi connectivity index (χ1v) is 10.8. The molecule has 0 spiro atoms. The number of aryl methyl sites for hydroxylation is 2. The van der Waals surface area contributed by atoms with Crippen molar-refractivity contribution in [3.05, 3.63) is 39.6 Å². The zero-order valence-electron chi connectivity index (χ0n) is 14.8. The van der Waals surface area contributed by atoms with Crippen LogP contribution < -0.4 is 5.32 Å².